The summed E-state index contributed by atoms with van der Waals surface area (Å²) in [5.74, 6) is 7.99. The van der Waals surface area contributed by atoms with Crippen molar-refractivity contribution >= 4 is 23.4 Å². The molecule has 3 N–H and O–H groups in total. The van der Waals surface area contributed by atoms with E-state index in [0.29, 0.717) is 35.6 Å². The second kappa shape index (κ2) is 9.83. The molecule has 0 saturated heterocycles. The first-order valence-electron chi connectivity index (χ1n) is 9.20. The molecule has 1 heterocycles. The monoisotopic (exact) mass is 413 g/mol. The molecule has 0 spiro atoms. The Morgan fingerprint density at radius 1 is 1.07 bits per heavy atom. The molecule has 0 bridgehead atoms. The van der Waals surface area contributed by atoms with Gasteiger partial charge in [0.25, 0.3) is 0 Å². The van der Waals surface area contributed by atoms with Crippen molar-refractivity contribution in [3.8, 4) is 22.9 Å². The van der Waals surface area contributed by atoms with Crippen LogP contribution >= 0.6 is 11.8 Å². The minimum Gasteiger partial charge on any atom is -0.494 e. The first kappa shape index (κ1) is 20.5. The molecule has 2 aromatic carbocycles. The number of carbonyl (C=O) groups excluding carboxylic acids is 1. The van der Waals surface area contributed by atoms with Gasteiger partial charge in [0.15, 0.2) is 5.82 Å². The fraction of sp³-hybridized carbons (Fsp3) is 0.250. The molecule has 0 atom stereocenters. The molecule has 29 heavy (non-hydrogen) atoms. The molecule has 0 aliphatic heterocycles. The summed E-state index contributed by atoms with van der Waals surface area (Å²) >= 11 is 1.21. The molecule has 0 fully saturated rings. The van der Waals surface area contributed by atoms with Crippen LogP contribution in [0.3, 0.4) is 0 Å². The Balaban J connectivity index is 1.62. The number of nitrogen functional groups attached to an aromatic ring is 1. The van der Waals surface area contributed by atoms with E-state index in [1.54, 1.807) is 6.07 Å². The number of nitrogens with two attached hydrogens (primary N) is 1. The van der Waals surface area contributed by atoms with Gasteiger partial charge >= 0.3 is 0 Å². The Hall–Kier alpha value is -3.20. The number of amides is 1. The highest BCUT2D eigenvalue weighted by Gasteiger charge is 2.15. The molecular formula is C20H23N5O3S. The summed E-state index contributed by atoms with van der Waals surface area (Å²) in [7, 11) is 0. The lowest BCUT2D eigenvalue weighted by Gasteiger charge is -2.11. The molecule has 3 aromatic rings. The number of hydrogen-bond acceptors (Lipinski definition) is 7. The molecule has 1 aromatic heterocycles. The summed E-state index contributed by atoms with van der Waals surface area (Å²) < 4.78 is 12.3. The van der Waals surface area contributed by atoms with E-state index < -0.39 is 0 Å². The second-order valence-electron chi connectivity index (χ2n) is 5.90. The summed E-state index contributed by atoms with van der Waals surface area (Å²) in [6.07, 6.45) is 0. The number of rotatable bonds is 9. The van der Waals surface area contributed by atoms with Crippen LogP contribution in [0.2, 0.25) is 0 Å². The van der Waals surface area contributed by atoms with Gasteiger partial charge in [-0.1, -0.05) is 23.9 Å². The van der Waals surface area contributed by atoms with E-state index in [-0.39, 0.29) is 11.7 Å². The standard InChI is InChI=1S/C20H23N5O3S/c1-3-27-15-11-9-14(10-12-15)19-23-24-20(25(19)21)29-13-18(26)22-16-7-5-6-8-17(16)28-4-2/h5-12H,3-4,13,21H2,1-2H3,(H,22,26). The molecule has 9 heteroatoms. The number of carbonyl (C=O) groups is 1. The van der Waals surface area contributed by atoms with Crippen molar-refractivity contribution in [3.05, 3.63) is 48.5 Å². The van der Waals surface area contributed by atoms with Gasteiger partial charge in [0.2, 0.25) is 11.1 Å². The molecule has 3 rings (SSSR count). The van der Waals surface area contributed by atoms with Gasteiger partial charge in [-0.3, -0.25) is 4.79 Å². The largest absolute Gasteiger partial charge is 0.494 e. The van der Waals surface area contributed by atoms with Crippen molar-refractivity contribution < 1.29 is 14.3 Å². The Bertz CT molecular complexity index is 959. The van der Waals surface area contributed by atoms with Crippen LogP contribution in [0, 0.1) is 0 Å². The number of nitrogens with one attached hydrogen (secondary N) is 1. The first-order valence-corrected chi connectivity index (χ1v) is 10.2. The van der Waals surface area contributed by atoms with Gasteiger partial charge in [-0.2, -0.15) is 0 Å². The van der Waals surface area contributed by atoms with E-state index in [4.69, 9.17) is 15.3 Å². The van der Waals surface area contributed by atoms with E-state index in [9.17, 15) is 4.79 Å². The molecule has 0 aliphatic rings. The molecule has 0 saturated carbocycles. The third-order valence-corrected chi connectivity index (χ3v) is 4.82. The number of benzene rings is 2. The number of para-hydroxylation sites is 2. The Morgan fingerprint density at radius 3 is 2.52 bits per heavy atom. The van der Waals surface area contributed by atoms with Crippen LogP contribution in [0.1, 0.15) is 13.8 Å². The fourth-order valence-corrected chi connectivity index (χ4v) is 3.26. The van der Waals surface area contributed by atoms with Gasteiger partial charge < -0.3 is 20.6 Å². The number of ether oxygens (including phenoxy) is 2. The van der Waals surface area contributed by atoms with Gasteiger partial charge in [0, 0.05) is 5.56 Å². The second-order valence-corrected chi connectivity index (χ2v) is 6.84. The minimum absolute atomic E-state index is 0.138. The third-order valence-electron chi connectivity index (χ3n) is 3.88. The zero-order valence-corrected chi connectivity index (χ0v) is 17.1. The molecule has 8 nitrogen and oxygen atoms in total. The molecule has 152 valence electrons. The average molecular weight is 414 g/mol. The summed E-state index contributed by atoms with van der Waals surface area (Å²) in [4.78, 5) is 12.3. The van der Waals surface area contributed by atoms with E-state index in [1.165, 1.54) is 16.4 Å². The van der Waals surface area contributed by atoms with Crippen molar-refractivity contribution in [1.82, 2.24) is 14.9 Å². The first-order chi connectivity index (χ1) is 14.1. The van der Waals surface area contributed by atoms with Crippen LogP contribution in [-0.4, -0.2) is 39.7 Å². The lowest BCUT2D eigenvalue weighted by Crippen LogP contribution is -2.17. The number of anilines is 1. The minimum atomic E-state index is -0.187. The fourth-order valence-electron chi connectivity index (χ4n) is 2.61. The van der Waals surface area contributed by atoms with E-state index in [2.05, 4.69) is 15.5 Å². The van der Waals surface area contributed by atoms with Crippen molar-refractivity contribution in [3.63, 3.8) is 0 Å². The van der Waals surface area contributed by atoms with Gasteiger partial charge in [-0.05, 0) is 50.2 Å². The van der Waals surface area contributed by atoms with Crippen LogP contribution in [0.4, 0.5) is 5.69 Å². The van der Waals surface area contributed by atoms with Crippen molar-refractivity contribution in [2.24, 2.45) is 0 Å². The maximum atomic E-state index is 12.3. The summed E-state index contributed by atoms with van der Waals surface area (Å²) in [6, 6.07) is 14.7. The smallest absolute Gasteiger partial charge is 0.234 e. The normalized spacial score (nSPS) is 10.6. The number of aromatic nitrogens is 3. The van der Waals surface area contributed by atoms with Crippen LogP contribution in [-0.2, 0) is 4.79 Å². The maximum absolute atomic E-state index is 12.3. The predicted octanol–water partition coefficient (Wildman–Crippen LogP) is 3.19. The summed E-state index contributed by atoms with van der Waals surface area (Å²) in [6.45, 7) is 4.94. The number of hydrogen-bond donors (Lipinski definition) is 2. The van der Waals surface area contributed by atoms with E-state index in [1.807, 2.05) is 56.3 Å². The van der Waals surface area contributed by atoms with Crippen LogP contribution in [0.15, 0.2) is 53.7 Å². The highest BCUT2D eigenvalue weighted by molar-refractivity contribution is 7.99. The average Bonchev–Trinajstić information content (AvgIpc) is 3.09. The summed E-state index contributed by atoms with van der Waals surface area (Å²) in [5.41, 5.74) is 1.44. The zero-order valence-electron chi connectivity index (χ0n) is 16.3. The number of nitrogens with zero attached hydrogens (tertiary/aromatic N) is 3. The van der Waals surface area contributed by atoms with Crippen LogP contribution < -0.4 is 20.6 Å². The molecule has 0 aliphatic carbocycles. The molecule has 0 unspecified atom stereocenters. The molecule has 0 radical (unpaired) electrons. The van der Waals surface area contributed by atoms with Crippen molar-refractivity contribution in [1.29, 1.82) is 0 Å². The summed E-state index contributed by atoms with van der Waals surface area (Å²) in [5, 5.41) is 11.5. The number of thioether (sulfide) groups is 1. The Kier molecular flexibility index (Phi) is 6.96. The van der Waals surface area contributed by atoms with Crippen molar-refractivity contribution in [2.45, 2.75) is 19.0 Å². The van der Waals surface area contributed by atoms with E-state index >= 15 is 0 Å². The third kappa shape index (κ3) is 5.20. The Morgan fingerprint density at radius 2 is 1.79 bits per heavy atom. The van der Waals surface area contributed by atoms with Gasteiger partial charge in [0.1, 0.15) is 11.5 Å². The van der Waals surface area contributed by atoms with Gasteiger partial charge in [-0.15, -0.1) is 10.2 Å². The quantitative estimate of drug-likeness (QED) is 0.410. The lowest BCUT2D eigenvalue weighted by atomic mass is 10.2. The zero-order chi connectivity index (χ0) is 20.6. The van der Waals surface area contributed by atoms with E-state index in [0.717, 1.165) is 11.3 Å². The molecule has 1 amide bonds. The predicted molar refractivity (Wildman–Crippen MR) is 114 cm³/mol. The van der Waals surface area contributed by atoms with Crippen LogP contribution in [0.25, 0.3) is 11.4 Å². The highest BCUT2D eigenvalue weighted by Crippen LogP contribution is 2.26. The topological polar surface area (TPSA) is 104 Å². The van der Waals surface area contributed by atoms with Gasteiger partial charge in [-0.25, -0.2) is 4.68 Å². The molecular weight excluding hydrogens is 390 g/mol. The maximum Gasteiger partial charge on any atom is 0.234 e. The van der Waals surface area contributed by atoms with Gasteiger partial charge in [0.05, 0.1) is 24.7 Å². The SMILES string of the molecule is CCOc1ccc(-c2nnc(SCC(=O)Nc3ccccc3OCC)n2N)cc1. The van der Waals surface area contributed by atoms with Crippen molar-refractivity contribution in [2.75, 3.05) is 30.1 Å². The highest BCUT2D eigenvalue weighted by atomic mass is 32.2. The van der Waals surface area contributed by atoms with Crippen LogP contribution in [0.5, 0.6) is 11.5 Å². The Labute approximate surface area is 173 Å². The lowest BCUT2D eigenvalue weighted by molar-refractivity contribution is -0.113.